The van der Waals surface area contributed by atoms with E-state index in [1.807, 2.05) is 24.1 Å². The SMILES string of the molecule is CCC1C(=O)NC(=O)CN1C(C)c1nc(CCl)cs1. The number of nitrogens with one attached hydrogen (secondary N) is 1. The first-order chi connectivity index (χ1) is 9.06. The van der Waals surface area contributed by atoms with Gasteiger partial charge in [0.2, 0.25) is 11.8 Å². The molecule has 0 aromatic carbocycles. The minimum Gasteiger partial charge on any atom is -0.294 e. The van der Waals surface area contributed by atoms with E-state index < -0.39 is 0 Å². The summed E-state index contributed by atoms with van der Waals surface area (Å²) in [4.78, 5) is 29.7. The maximum atomic E-state index is 11.8. The summed E-state index contributed by atoms with van der Waals surface area (Å²) in [5.74, 6) is -0.102. The summed E-state index contributed by atoms with van der Waals surface area (Å²) in [5.41, 5.74) is 0.828. The van der Waals surface area contributed by atoms with Gasteiger partial charge in [0.05, 0.1) is 30.2 Å². The highest BCUT2D eigenvalue weighted by Gasteiger charge is 2.36. The molecule has 0 aliphatic carbocycles. The number of imide groups is 1. The van der Waals surface area contributed by atoms with Crippen molar-refractivity contribution in [3.63, 3.8) is 0 Å². The summed E-state index contributed by atoms with van der Waals surface area (Å²) in [5, 5.41) is 5.17. The number of amides is 2. The third-order valence-corrected chi connectivity index (χ3v) is 4.58. The van der Waals surface area contributed by atoms with E-state index in [1.165, 1.54) is 11.3 Å². The summed E-state index contributed by atoms with van der Waals surface area (Å²) in [6.07, 6.45) is 0.664. The van der Waals surface area contributed by atoms with Crippen molar-refractivity contribution in [3.8, 4) is 0 Å². The highest BCUT2D eigenvalue weighted by Crippen LogP contribution is 2.28. The number of nitrogens with zero attached hydrogens (tertiary/aromatic N) is 2. The lowest BCUT2D eigenvalue weighted by Crippen LogP contribution is -2.58. The lowest BCUT2D eigenvalue weighted by Gasteiger charge is -2.36. The third-order valence-electron chi connectivity index (χ3n) is 3.24. The number of hydrogen-bond acceptors (Lipinski definition) is 5. The number of aromatic nitrogens is 1. The molecule has 0 spiro atoms. The quantitative estimate of drug-likeness (QED) is 0.679. The summed E-state index contributed by atoms with van der Waals surface area (Å²) in [6.45, 7) is 4.12. The molecule has 104 valence electrons. The zero-order valence-electron chi connectivity index (χ0n) is 10.9. The molecule has 0 bridgehead atoms. The van der Waals surface area contributed by atoms with Crippen molar-refractivity contribution in [2.45, 2.75) is 38.2 Å². The van der Waals surface area contributed by atoms with Crippen molar-refractivity contribution in [1.29, 1.82) is 0 Å². The first-order valence-electron chi connectivity index (χ1n) is 6.16. The second-order valence-corrected chi connectivity index (χ2v) is 5.65. The van der Waals surface area contributed by atoms with Crippen LogP contribution in [0.25, 0.3) is 0 Å². The van der Waals surface area contributed by atoms with Crippen LogP contribution in [0, 0.1) is 0 Å². The van der Waals surface area contributed by atoms with Crippen LogP contribution in [0.4, 0.5) is 0 Å². The fourth-order valence-electron chi connectivity index (χ4n) is 2.23. The van der Waals surface area contributed by atoms with Gasteiger partial charge in [-0.25, -0.2) is 4.98 Å². The van der Waals surface area contributed by atoms with Crippen LogP contribution < -0.4 is 5.32 Å². The van der Waals surface area contributed by atoms with Crippen LogP contribution in [0.15, 0.2) is 5.38 Å². The maximum absolute atomic E-state index is 11.8. The summed E-state index contributed by atoms with van der Waals surface area (Å²) in [7, 11) is 0. The van der Waals surface area contributed by atoms with Gasteiger partial charge in [0, 0.05) is 5.38 Å². The van der Waals surface area contributed by atoms with Gasteiger partial charge in [-0.2, -0.15) is 0 Å². The second-order valence-electron chi connectivity index (χ2n) is 4.50. The Balaban J connectivity index is 2.21. The number of carbonyl (C=O) groups excluding carboxylic acids is 2. The molecule has 2 atom stereocenters. The number of piperazine rings is 1. The fourth-order valence-corrected chi connectivity index (χ4v) is 3.35. The third kappa shape index (κ3) is 2.96. The van der Waals surface area contributed by atoms with E-state index in [0.717, 1.165) is 10.7 Å². The Morgan fingerprint density at radius 2 is 2.37 bits per heavy atom. The molecule has 2 rings (SSSR count). The molecule has 2 heterocycles. The molecule has 1 saturated heterocycles. The second kappa shape index (κ2) is 5.98. The monoisotopic (exact) mass is 301 g/mol. The Bertz CT molecular complexity index is 491. The van der Waals surface area contributed by atoms with Crippen molar-refractivity contribution in [2.75, 3.05) is 6.54 Å². The van der Waals surface area contributed by atoms with E-state index >= 15 is 0 Å². The Labute approximate surface area is 121 Å². The van der Waals surface area contributed by atoms with Crippen molar-refractivity contribution in [1.82, 2.24) is 15.2 Å². The number of halogens is 1. The number of hydrogen-bond donors (Lipinski definition) is 1. The molecule has 2 unspecified atom stereocenters. The standard InChI is InChI=1S/C12H16ClN3O2S/c1-3-9-11(18)15-10(17)5-16(9)7(2)12-14-8(4-13)6-19-12/h6-7,9H,3-5H2,1-2H3,(H,15,17,18). The highest BCUT2D eigenvalue weighted by atomic mass is 35.5. The number of rotatable bonds is 4. The van der Waals surface area contributed by atoms with E-state index in [2.05, 4.69) is 10.3 Å². The van der Waals surface area contributed by atoms with Crippen LogP contribution in [-0.2, 0) is 15.5 Å². The molecular weight excluding hydrogens is 286 g/mol. The van der Waals surface area contributed by atoms with Gasteiger partial charge in [-0.1, -0.05) is 6.92 Å². The van der Waals surface area contributed by atoms with Gasteiger partial charge in [0.1, 0.15) is 5.01 Å². The minimum absolute atomic E-state index is 0.0677. The van der Waals surface area contributed by atoms with Gasteiger partial charge in [0.25, 0.3) is 0 Å². The molecule has 1 N–H and O–H groups in total. The lowest BCUT2D eigenvalue weighted by molar-refractivity contribution is -0.141. The predicted octanol–water partition coefficient (Wildman–Crippen LogP) is 1.68. The Morgan fingerprint density at radius 1 is 1.63 bits per heavy atom. The van der Waals surface area contributed by atoms with Crippen molar-refractivity contribution >= 4 is 34.8 Å². The summed E-state index contributed by atoms with van der Waals surface area (Å²) in [6, 6.07) is -0.349. The number of alkyl halides is 1. The van der Waals surface area contributed by atoms with Crippen LogP contribution in [0.1, 0.15) is 37.0 Å². The van der Waals surface area contributed by atoms with Crippen LogP contribution >= 0.6 is 22.9 Å². The van der Waals surface area contributed by atoms with E-state index in [0.29, 0.717) is 12.3 Å². The van der Waals surface area contributed by atoms with E-state index in [1.54, 1.807) is 0 Å². The maximum Gasteiger partial charge on any atom is 0.243 e. The smallest absolute Gasteiger partial charge is 0.243 e. The molecule has 1 aliphatic rings. The molecule has 1 fully saturated rings. The fraction of sp³-hybridized carbons (Fsp3) is 0.583. The number of carbonyl (C=O) groups is 2. The zero-order valence-corrected chi connectivity index (χ0v) is 12.4. The van der Waals surface area contributed by atoms with Crippen molar-refractivity contribution < 1.29 is 9.59 Å². The van der Waals surface area contributed by atoms with E-state index in [4.69, 9.17) is 11.6 Å². The Hall–Kier alpha value is -0.980. The molecule has 19 heavy (non-hydrogen) atoms. The average Bonchev–Trinajstić information content (AvgIpc) is 2.85. The van der Waals surface area contributed by atoms with Crippen molar-refractivity contribution in [3.05, 3.63) is 16.1 Å². The van der Waals surface area contributed by atoms with Gasteiger partial charge < -0.3 is 0 Å². The molecule has 1 aromatic rings. The zero-order chi connectivity index (χ0) is 14.0. The minimum atomic E-state index is -0.281. The van der Waals surface area contributed by atoms with E-state index in [9.17, 15) is 9.59 Å². The Morgan fingerprint density at radius 3 is 2.95 bits per heavy atom. The number of thiazole rings is 1. The first-order valence-corrected chi connectivity index (χ1v) is 7.58. The summed E-state index contributed by atoms with van der Waals surface area (Å²) < 4.78 is 0. The van der Waals surface area contributed by atoms with Crippen molar-refractivity contribution in [2.24, 2.45) is 0 Å². The molecular formula is C12H16ClN3O2S. The molecule has 2 amide bonds. The van der Waals surface area contributed by atoms with Crippen LogP contribution in [0.2, 0.25) is 0 Å². The highest BCUT2D eigenvalue weighted by molar-refractivity contribution is 7.09. The topological polar surface area (TPSA) is 62.3 Å². The molecule has 7 heteroatoms. The van der Waals surface area contributed by atoms with Gasteiger partial charge in [-0.3, -0.25) is 19.8 Å². The summed E-state index contributed by atoms with van der Waals surface area (Å²) >= 11 is 7.26. The largest absolute Gasteiger partial charge is 0.294 e. The predicted molar refractivity (Wildman–Crippen MR) is 74.0 cm³/mol. The van der Waals surface area contributed by atoms with Gasteiger partial charge in [-0.15, -0.1) is 22.9 Å². The average molecular weight is 302 g/mol. The van der Waals surface area contributed by atoms with Gasteiger partial charge >= 0.3 is 0 Å². The van der Waals surface area contributed by atoms with E-state index in [-0.39, 0.29) is 30.4 Å². The molecule has 0 saturated carbocycles. The normalized spacial score (nSPS) is 22.4. The molecule has 1 aromatic heterocycles. The van der Waals surface area contributed by atoms with Crippen LogP contribution in [0.5, 0.6) is 0 Å². The lowest BCUT2D eigenvalue weighted by atomic mass is 10.1. The molecule has 0 radical (unpaired) electrons. The first kappa shape index (κ1) is 14.4. The van der Waals surface area contributed by atoms with Crippen LogP contribution in [-0.4, -0.2) is 34.3 Å². The molecule has 5 nitrogen and oxygen atoms in total. The van der Waals surface area contributed by atoms with Gasteiger partial charge in [-0.05, 0) is 13.3 Å². The Kier molecular flexibility index (Phi) is 4.54. The van der Waals surface area contributed by atoms with Crippen LogP contribution in [0.3, 0.4) is 0 Å². The molecule has 1 aliphatic heterocycles. The van der Waals surface area contributed by atoms with Gasteiger partial charge in [0.15, 0.2) is 0 Å².